The minimum Gasteiger partial charge on any atom is -0.458 e. The maximum Gasteiger partial charge on any atom is 0.357 e. The highest BCUT2D eigenvalue weighted by atomic mass is 16.6. The van der Waals surface area contributed by atoms with Crippen LogP contribution in [0, 0.1) is 5.92 Å². The van der Waals surface area contributed by atoms with Gasteiger partial charge in [0.15, 0.2) is 5.69 Å². The van der Waals surface area contributed by atoms with Crippen LogP contribution in [0.3, 0.4) is 0 Å². The van der Waals surface area contributed by atoms with Crippen LogP contribution in [-0.4, -0.2) is 54.8 Å². The summed E-state index contributed by atoms with van der Waals surface area (Å²) in [4.78, 5) is 19.0. The monoisotopic (exact) mass is 328 g/mol. The van der Waals surface area contributed by atoms with E-state index < -0.39 is 5.97 Å². The number of esters is 1. The summed E-state index contributed by atoms with van der Waals surface area (Å²) in [5, 5.41) is 1.80. The number of carbonyl (C=O) groups is 1. The molecule has 0 saturated carbocycles. The molecule has 1 aromatic heterocycles. The summed E-state index contributed by atoms with van der Waals surface area (Å²) in [6.07, 6.45) is 1.57. The summed E-state index contributed by atoms with van der Waals surface area (Å²) < 4.78 is 11.2. The Hall–Kier alpha value is -1.98. The molecule has 5 nitrogen and oxygen atoms in total. The Kier molecular flexibility index (Phi) is 5.43. The molecule has 1 atom stereocenters. The first-order valence-corrected chi connectivity index (χ1v) is 8.48. The minimum atomic E-state index is -0.392. The number of nitrogens with zero attached hydrogens (tertiary/aromatic N) is 2. The van der Waals surface area contributed by atoms with E-state index >= 15 is 0 Å². The maximum atomic E-state index is 12.4. The Morgan fingerprint density at radius 1 is 1.38 bits per heavy atom. The van der Waals surface area contributed by atoms with Gasteiger partial charge in [-0.2, -0.15) is 0 Å². The maximum absolute atomic E-state index is 12.4. The third-order valence-corrected chi connectivity index (χ3v) is 4.11. The van der Waals surface area contributed by atoms with Crippen molar-refractivity contribution in [3.8, 4) is 0 Å². The Morgan fingerprint density at radius 3 is 3.04 bits per heavy atom. The van der Waals surface area contributed by atoms with Crippen LogP contribution < -0.4 is 0 Å². The van der Waals surface area contributed by atoms with E-state index in [1.54, 1.807) is 6.20 Å². The summed E-state index contributed by atoms with van der Waals surface area (Å²) in [5.74, 6) is 0.225. The molecular formula is C19H24N2O3. The normalized spacial score (nSPS) is 18.9. The number of ether oxygens (including phenoxy) is 2. The van der Waals surface area contributed by atoms with Crippen molar-refractivity contribution in [1.29, 1.82) is 0 Å². The van der Waals surface area contributed by atoms with Crippen molar-refractivity contribution in [3.63, 3.8) is 0 Å². The number of carbonyl (C=O) groups excluding carboxylic acids is 1. The highest BCUT2D eigenvalue weighted by Gasteiger charge is 2.23. The first-order chi connectivity index (χ1) is 11.6. The molecule has 1 aromatic carbocycles. The van der Waals surface area contributed by atoms with Crippen molar-refractivity contribution >= 4 is 16.7 Å². The number of benzene rings is 1. The lowest BCUT2D eigenvalue weighted by Crippen LogP contribution is -2.45. The van der Waals surface area contributed by atoms with E-state index in [1.807, 2.05) is 30.3 Å². The van der Waals surface area contributed by atoms with Crippen LogP contribution in [0.2, 0.25) is 0 Å². The van der Waals surface area contributed by atoms with Gasteiger partial charge in [-0.05, 0) is 17.4 Å². The summed E-state index contributed by atoms with van der Waals surface area (Å²) in [7, 11) is 0. The molecule has 0 N–H and O–H groups in total. The van der Waals surface area contributed by atoms with Crippen molar-refractivity contribution in [2.75, 3.05) is 32.8 Å². The Balaban J connectivity index is 1.61. The molecule has 0 bridgehead atoms. The van der Waals surface area contributed by atoms with Crippen molar-refractivity contribution in [2.24, 2.45) is 5.92 Å². The molecule has 2 aromatic rings. The predicted octanol–water partition coefficient (Wildman–Crippen LogP) is 2.75. The zero-order valence-electron chi connectivity index (χ0n) is 14.3. The second-order valence-electron chi connectivity index (χ2n) is 6.63. The summed E-state index contributed by atoms with van der Waals surface area (Å²) in [5.41, 5.74) is 0.364. The number of hydrogen-bond acceptors (Lipinski definition) is 5. The number of fused-ring (bicyclic) bond motifs is 1. The molecule has 5 heteroatoms. The largest absolute Gasteiger partial charge is 0.458 e. The van der Waals surface area contributed by atoms with Crippen LogP contribution in [-0.2, 0) is 9.47 Å². The Labute approximate surface area is 142 Å². The molecule has 24 heavy (non-hydrogen) atoms. The predicted molar refractivity (Wildman–Crippen MR) is 93.0 cm³/mol. The molecule has 0 aliphatic carbocycles. The highest BCUT2D eigenvalue weighted by molar-refractivity contribution is 6.02. The SMILES string of the molecule is CC(C)CN1CCO[C@H](COC(=O)c2nccc3ccccc23)C1. The van der Waals surface area contributed by atoms with E-state index in [1.165, 1.54) is 0 Å². The van der Waals surface area contributed by atoms with Crippen LogP contribution in [0.15, 0.2) is 36.5 Å². The molecule has 1 aliphatic rings. The second kappa shape index (κ2) is 7.73. The molecule has 0 radical (unpaired) electrons. The van der Waals surface area contributed by atoms with Gasteiger partial charge in [0.05, 0.1) is 6.61 Å². The first-order valence-electron chi connectivity index (χ1n) is 8.48. The summed E-state index contributed by atoms with van der Waals surface area (Å²) >= 11 is 0. The van der Waals surface area contributed by atoms with Crippen molar-refractivity contribution in [2.45, 2.75) is 20.0 Å². The average molecular weight is 328 g/mol. The fourth-order valence-corrected chi connectivity index (χ4v) is 3.08. The fourth-order valence-electron chi connectivity index (χ4n) is 3.08. The van der Waals surface area contributed by atoms with E-state index in [0.717, 1.165) is 30.4 Å². The third-order valence-electron chi connectivity index (χ3n) is 4.11. The average Bonchev–Trinajstić information content (AvgIpc) is 2.59. The van der Waals surface area contributed by atoms with E-state index in [9.17, 15) is 4.79 Å². The van der Waals surface area contributed by atoms with Gasteiger partial charge in [-0.1, -0.05) is 38.1 Å². The molecule has 1 fully saturated rings. The van der Waals surface area contributed by atoms with Crippen LogP contribution >= 0.6 is 0 Å². The summed E-state index contributed by atoms with van der Waals surface area (Å²) in [6.45, 7) is 8.13. The molecule has 1 aliphatic heterocycles. The van der Waals surface area contributed by atoms with Gasteiger partial charge in [-0.3, -0.25) is 4.90 Å². The van der Waals surface area contributed by atoms with Gasteiger partial charge in [-0.15, -0.1) is 0 Å². The summed E-state index contributed by atoms with van der Waals surface area (Å²) in [6, 6.07) is 9.58. The lowest BCUT2D eigenvalue weighted by atomic mass is 10.1. The topological polar surface area (TPSA) is 51.7 Å². The van der Waals surface area contributed by atoms with Crippen molar-refractivity contribution < 1.29 is 14.3 Å². The van der Waals surface area contributed by atoms with Crippen LogP contribution in [0.4, 0.5) is 0 Å². The molecule has 0 amide bonds. The molecule has 3 rings (SSSR count). The van der Waals surface area contributed by atoms with Gasteiger partial charge < -0.3 is 9.47 Å². The quantitative estimate of drug-likeness (QED) is 0.790. The second-order valence-corrected chi connectivity index (χ2v) is 6.63. The number of rotatable bonds is 5. The molecule has 0 spiro atoms. The van der Waals surface area contributed by atoms with Gasteiger partial charge in [0.25, 0.3) is 0 Å². The zero-order chi connectivity index (χ0) is 16.9. The van der Waals surface area contributed by atoms with Crippen LogP contribution in [0.5, 0.6) is 0 Å². The first kappa shape index (κ1) is 16.9. The number of pyridine rings is 1. The minimum absolute atomic E-state index is 0.0728. The molecule has 128 valence electrons. The lowest BCUT2D eigenvalue weighted by molar-refractivity contribution is -0.0613. The molecule has 0 unspecified atom stereocenters. The molecular weight excluding hydrogens is 304 g/mol. The number of morpholine rings is 1. The lowest BCUT2D eigenvalue weighted by Gasteiger charge is -2.33. The molecule has 1 saturated heterocycles. The number of aromatic nitrogens is 1. The Morgan fingerprint density at radius 2 is 2.21 bits per heavy atom. The van der Waals surface area contributed by atoms with E-state index in [4.69, 9.17) is 9.47 Å². The standard InChI is InChI=1S/C19H24N2O3/c1-14(2)11-21-9-10-23-16(12-21)13-24-19(22)18-17-6-4-3-5-15(17)7-8-20-18/h3-8,14,16H,9-13H2,1-2H3/t16-/m0/s1. The van der Waals surface area contributed by atoms with Gasteiger partial charge in [0, 0.05) is 31.2 Å². The Bertz CT molecular complexity index is 697. The van der Waals surface area contributed by atoms with Gasteiger partial charge in [0.2, 0.25) is 0 Å². The molecule has 2 heterocycles. The fraction of sp³-hybridized carbons (Fsp3) is 0.474. The van der Waals surface area contributed by atoms with Gasteiger partial charge in [0.1, 0.15) is 12.7 Å². The smallest absolute Gasteiger partial charge is 0.357 e. The van der Waals surface area contributed by atoms with Crippen molar-refractivity contribution in [3.05, 3.63) is 42.2 Å². The van der Waals surface area contributed by atoms with E-state index in [2.05, 4.69) is 23.7 Å². The van der Waals surface area contributed by atoms with Crippen LogP contribution in [0.25, 0.3) is 10.8 Å². The van der Waals surface area contributed by atoms with Crippen LogP contribution in [0.1, 0.15) is 24.3 Å². The third kappa shape index (κ3) is 4.10. The number of hydrogen-bond donors (Lipinski definition) is 0. The highest BCUT2D eigenvalue weighted by Crippen LogP contribution is 2.17. The van der Waals surface area contributed by atoms with Crippen molar-refractivity contribution in [1.82, 2.24) is 9.88 Å². The zero-order valence-corrected chi connectivity index (χ0v) is 14.3. The van der Waals surface area contributed by atoms with Gasteiger partial charge in [-0.25, -0.2) is 9.78 Å². The van der Waals surface area contributed by atoms with E-state index in [-0.39, 0.29) is 12.7 Å². The van der Waals surface area contributed by atoms with Gasteiger partial charge >= 0.3 is 5.97 Å². The van der Waals surface area contributed by atoms with E-state index in [0.29, 0.717) is 18.2 Å².